The van der Waals surface area contributed by atoms with Gasteiger partial charge in [-0.1, -0.05) is 97.1 Å². The number of rotatable bonds is 5. The average molecular weight is 539 g/mol. The van der Waals surface area contributed by atoms with E-state index in [1.165, 1.54) is 27.6 Å². The fourth-order valence-electron chi connectivity index (χ4n) is 5.93. The van der Waals surface area contributed by atoms with Crippen molar-refractivity contribution < 1.29 is 4.42 Å². The molecular formula is C39H26N2O. The van der Waals surface area contributed by atoms with Gasteiger partial charge in [-0.05, 0) is 81.6 Å². The molecule has 42 heavy (non-hydrogen) atoms. The Labute approximate surface area is 243 Å². The molecule has 0 N–H and O–H groups in total. The molecule has 3 nitrogen and oxygen atoms in total. The van der Waals surface area contributed by atoms with Crippen molar-refractivity contribution in [1.29, 1.82) is 0 Å². The zero-order valence-electron chi connectivity index (χ0n) is 22.8. The van der Waals surface area contributed by atoms with Gasteiger partial charge < -0.3 is 9.32 Å². The molecular weight excluding hydrogens is 512 g/mol. The monoisotopic (exact) mass is 538 g/mol. The standard InChI is InChI=1S/C39H26N2O/c1-3-9-27(10-4-1)30-13-7-15-32(23-30)41(33-16-8-14-31(24-33)28-11-5-2-6-12-28)34-19-17-29-18-20-37-39(36(29)25-34)35-21-22-40-26-38(35)42-37/h1-26H. The summed E-state index contributed by atoms with van der Waals surface area (Å²) in [5.74, 6) is 0. The lowest BCUT2D eigenvalue weighted by Crippen LogP contribution is -2.10. The molecule has 2 aromatic heterocycles. The van der Waals surface area contributed by atoms with E-state index < -0.39 is 0 Å². The van der Waals surface area contributed by atoms with Crippen molar-refractivity contribution in [2.75, 3.05) is 4.90 Å². The van der Waals surface area contributed by atoms with Gasteiger partial charge in [0.05, 0.1) is 6.20 Å². The van der Waals surface area contributed by atoms with Gasteiger partial charge in [0.15, 0.2) is 5.58 Å². The summed E-state index contributed by atoms with van der Waals surface area (Å²) in [6.45, 7) is 0. The number of anilines is 3. The third-order valence-electron chi connectivity index (χ3n) is 7.92. The van der Waals surface area contributed by atoms with Gasteiger partial charge in [-0.25, -0.2) is 0 Å². The average Bonchev–Trinajstić information content (AvgIpc) is 3.45. The molecule has 0 aliphatic rings. The lowest BCUT2D eigenvalue weighted by molar-refractivity contribution is 0.667. The second-order valence-corrected chi connectivity index (χ2v) is 10.5. The van der Waals surface area contributed by atoms with Gasteiger partial charge in [-0.2, -0.15) is 0 Å². The lowest BCUT2D eigenvalue weighted by atomic mass is 10.0. The Balaban J connectivity index is 1.36. The molecule has 2 heterocycles. The molecule has 0 saturated heterocycles. The van der Waals surface area contributed by atoms with Crippen LogP contribution in [0.4, 0.5) is 17.1 Å². The number of benzene rings is 6. The zero-order chi connectivity index (χ0) is 27.9. The van der Waals surface area contributed by atoms with Crippen LogP contribution in [-0.2, 0) is 0 Å². The quantitative estimate of drug-likeness (QED) is 0.218. The number of aromatic nitrogens is 1. The van der Waals surface area contributed by atoms with Crippen molar-refractivity contribution >= 4 is 49.8 Å². The minimum Gasteiger partial charge on any atom is -0.454 e. The van der Waals surface area contributed by atoms with Gasteiger partial charge in [0, 0.05) is 34.0 Å². The molecule has 0 spiro atoms. The molecule has 0 unspecified atom stereocenters. The summed E-state index contributed by atoms with van der Waals surface area (Å²) in [6.07, 6.45) is 3.62. The van der Waals surface area contributed by atoms with Crippen molar-refractivity contribution in [2.45, 2.75) is 0 Å². The van der Waals surface area contributed by atoms with Crippen LogP contribution in [-0.4, -0.2) is 4.98 Å². The van der Waals surface area contributed by atoms with Crippen LogP contribution < -0.4 is 4.90 Å². The fourth-order valence-corrected chi connectivity index (χ4v) is 5.93. The van der Waals surface area contributed by atoms with E-state index in [9.17, 15) is 0 Å². The summed E-state index contributed by atoms with van der Waals surface area (Å²) in [4.78, 5) is 6.63. The molecule has 0 saturated carbocycles. The molecule has 8 aromatic rings. The Kier molecular flexibility index (Phi) is 5.79. The second-order valence-electron chi connectivity index (χ2n) is 10.5. The Morgan fingerprint density at radius 2 is 1.05 bits per heavy atom. The molecule has 6 aromatic carbocycles. The summed E-state index contributed by atoms with van der Waals surface area (Å²) in [7, 11) is 0. The van der Waals surface area contributed by atoms with E-state index in [1.54, 1.807) is 6.20 Å². The first-order chi connectivity index (χ1) is 20.8. The van der Waals surface area contributed by atoms with E-state index in [4.69, 9.17) is 4.42 Å². The van der Waals surface area contributed by atoms with Gasteiger partial charge in [0.2, 0.25) is 0 Å². The van der Waals surface area contributed by atoms with Crippen molar-refractivity contribution in [2.24, 2.45) is 0 Å². The molecule has 0 aliphatic carbocycles. The molecule has 0 radical (unpaired) electrons. The molecule has 198 valence electrons. The molecule has 0 atom stereocenters. The Morgan fingerprint density at radius 1 is 0.452 bits per heavy atom. The Bertz CT molecular complexity index is 2120. The number of hydrogen-bond donors (Lipinski definition) is 0. The van der Waals surface area contributed by atoms with Crippen LogP contribution >= 0.6 is 0 Å². The summed E-state index contributed by atoms with van der Waals surface area (Å²) in [6, 6.07) is 51.6. The second kappa shape index (κ2) is 10.1. The number of nitrogens with zero attached hydrogens (tertiary/aromatic N) is 2. The topological polar surface area (TPSA) is 29.3 Å². The zero-order valence-corrected chi connectivity index (χ0v) is 22.8. The van der Waals surface area contributed by atoms with Gasteiger partial charge in [0.25, 0.3) is 0 Å². The maximum Gasteiger partial charge on any atom is 0.153 e. The van der Waals surface area contributed by atoms with Gasteiger partial charge in [0.1, 0.15) is 5.58 Å². The van der Waals surface area contributed by atoms with E-state index in [0.717, 1.165) is 44.4 Å². The SMILES string of the molecule is c1ccc(-c2cccc(N(c3cccc(-c4ccccc4)c3)c3ccc4ccc5oc6cnccc6c5c4c3)c2)cc1. The summed E-state index contributed by atoms with van der Waals surface area (Å²) < 4.78 is 6.18. The number of furan rings is 1. The Morgan fingerprint density at radius 3 is 1.71 bits per heavy atom. The maximum absolute atomic E-state index is 6.18. The highest BCUT2D eigenvalue weighted by Crippen LogP contribution is 2.41. The molecule has 0 aliphatic heterocycles. The number of fused-ring (bicyclic) bond motifs is 5. The first-order valence-electron chi connectivity index (χ1n) is 14.1. The largest absolute Gasteiger partial charge is 0.454 e. The molecule has 0 fully saturated rings. The number of hydrogen-bond acceptors (Lipinski definition) is 3. The van der Waals surface area contributed by atoms with E-state index in [2.05, 4.69) is 149 Å². The first-order valence-corrected chi connectivity index (χ1v) is 14.1. The molecule has 8 rings (SSSR count). The van der Waals surface area contributed by atoms with Gasteiger partial charge >= 0.3 is 0 Å². The van der Waals surface area contributed by atoms with E-state index in [1.807, 2.05) is 12.3 Å². The van der Waals surface area contributed by atoms with Crippen molar-refractivity contribution in [3.63, 3.8) is 0 Å². The van der Waals surface area contributed by atoms with Crippen molar-refractivity contribution in [3.05, 3.63) is 158 Å². The van der Waals surface area contributed by atoms with Crippen LogP contribution in [0.5, 0.6) is 0 Å². The predicted octanol–water partition coefficient (Wildman–Crippen LogP) is 10.9. The Hall–Kier alpha value is -5.67. The van der Waals surface area contributed by atoms with Crippen molar-refractivity contribution in [1.82, 2.24) is 4.98 Å². The highest BCUT2D eigenvalue weighted by atomic mass is 16.3. The van der Waals surface area contributed by atoms with E-state index in [-0.39, 0.29) is 0 Å². The molecule has 0 amide bonds. The van der Waals surface area contributed by atoms with E-state index >= 15 is 0 Å². The third kappa shape index (κ3) is 4.20. The van der Waals surface area contributed by atoms with Gasteiger partial charge in [-0.15, -0.1) is 0 Å². The minimum atomic E-state index is 0.799. The summed E-state index contributed by atoms with van der Waals surface area (Å²) >= 11 is 0. The minimum absolute atomic E-state index is 0.799. The normalized spacial score (nSPS) is 11.3. The third-order valence-corrected chi connectivity index (χ3v) is 7.92. The highest BCUT2D eigenvalue weighted by molar-refractivity contribution is 6.19. The first kappa shape index (κ1) is 24.2. The van der Waals surface area contributed by atoms with Crippen LogP contribution in [0.1, 0.15) is 0 Å². The fraction of sp³-hybridized carbons (Fsp3) is 0. The molecule has 3 heteroatoms. The van der Waals surface area contributed by atoms with Crippen molar-refractivity contribution in [3.8, 4) is 22.3 Å². The van der Waals surface area contributed by atoms with Crippen LogP contribution in [0.15, 0.2) is 162 Å². The molecule has 0 bridgehead atoms. The van der Waals surface area contributed by atoms with Crippen LogP contribution in [0.25, 0.3) is 55.0 Å². The van der Waals surface area contributed by atoms with Crippen LogP contribution in [0.2, 0.25) is 0 Å². The summed E-state index contributed by atoms with van der Waals surface area (Å²) in [5.41, 5.74) is 9.66. The number of pyridine rings is 1. The summed E-state index contributed by atoms with van der Waals surface area (Å²) in [5, 5.41) is 4.51. The van der Waals surface area contributed by atoms with Crippen LogP contribution in [0, 0.1) is 0 Å². The highest BCUT2D eigenvalue weighted by Gasteiger charge is 2.17. The lowest BCUT2D eigenvalue weighted by Gasteiger charge is -2.27. The predicted molar refractivity (Wildman–Crippen MR) is 175 cm³/mol. The van der Waals surface area contributed by atoms with E-state index in [0.29, 0.717) is 0 Å². The maximum atomic E-state index is 6.18. The smallest absolute Gasteiger partial charge is 0.153 e. The van der Waals surface area contributed by atoms with Gasteiger partial charge in [-0.3, -0.25) is 4.98 Å². The van der Waals surface area contributed by atoms with Crippen LogP contribution in [0.3, 0.4) is 0 Å².